The Labute approximate surface area is 155 Å². The summed E-state index contributed by atoms with van der Waals surface area (Å²) in [6, 6.07) is 11.2. The van der Waals surface area contributed by atoms with E-state index < -0.39 is 0 Å². The van der Waals surface area contributed by atoms with Crippen molar-refractivity contribution >= 4 is 28.4 Å². The van der Waals surface area contributed by atoms with E-state index in [1.807, 2.05) is 34.9 Å². The van der Waals surface area contributed by atoms with Crippen LogP contribution < -0.4 is 5.56 Å². The largest absolute Gasteiger partial charge is 0.359 e. The molecule has 0 aliphatic heterocycles. The highest BCUT2D eigenvalue weighted by atomic mass is 32.2. The number of aromatic amines is 1. The second kappa shape index (κ2) is 7.50. The summed E-state index contributed by atoms with van der Waals surface area (Å²) in [5, 5.41) is 1.30. The lowest BCUT2D eigenvalue weighted by Crippen LogP contribution is -2.29. The number of fused-ring (bicyclic) bond motifs is 1. The summed E-state index contributed by atoms with van der Waals surface area (Å²) in [4.78, 5) is 33.2. The van der Waals surface area contributed by atoms with Crippen molar-refractivity contribution in [2.45, 2.75) is 43.3 Å². The van der Waals surface area contributed by atoms with Crippen molar-refractivity contribution in [2.75, 3.05) is 5.75 Å². The molecule has 0 unspecified atom stereocenters. The Hall–Kier alpha value is -2.34. The van der Waals surface area contributed by atoms with Crippen LogP contribution in [0.5, 0.6) is 0 Å². The number of ketones is 1. The maximum absolute atomic E-state index is 13.1. The van der Waals surface area contributed by atoms with E-state index in [9.17, 15) is 9.59 Å². The smallest absolute Gasteiger partial charge is 0.262 e. The molecular formula is C20H21N3O2S. The van der Waals surface area contributed by atoms with E-state index in [0.29, 0.717) is 21.8 Å². The molecule has 1 aliphatic carbocycles. The van der Waals surface area contributed by atoms with E-state index >= 15 is 0 Å². The molecule has 0 spiro atoms. The molecule has 26 heavy (non-hydrogen) atoms. The van der Waals surface area contributed by atoms with Crippen molar-refractivity contribution in [1.29, 1.82) is 0 Å². The molecule has 0 bridgehead atoms. The maximum Gasteiger partial charge on any atom is 0.262 e. The number of benzene rings is 1. The average Bonchev–Trinajstić information content (AvgIpc) is 3.22. The first-order valence-corrected chi connectivity index (χ1v) is 10.0. The molecule has 134 valence electrons. The molecule has 1 N–H and O–H groups in total. The topological polar surface area (TPSA) is 67.8 Å². The van der Waals surface area contributed by atoms with E-state index in [4.69, 9.17) is 4.98 Å². The van der Waals surface area contributed by atoms with Gasteiger partial charge in [0.05, 0.1) is 22.3 Å². The van der Waals surface area contributed by atoms with Gasteiger partial charge in [-0.25, -0.2) is 4.98 Å². The van der Waals surface area contributed by atoms with Gasteiger partial charge in [0.15, 0.2) is 10.9 Å². The van der Waals surface area contributed by atoms with Crippen molar-refractivity contribution in [1.82, 2.24) is 14.5 Å². The molecule has 0 amide bonds. The van der Waals surface area contributed by atoms with Gasteiger partial charge in [0, 0.05) is 12.2 Å². The highest BCUT2D eigenvalue weighted by Crippen LogP contribution is 2.31. The number of Topliss-reactive ketones (excluding diaryl/α,β-unsaturated/α-hetero) is 1. The molecule has 1 aromatic carbocycles. The Bertz CT molecular complexity index is 972. The number of carbonyl (C=O) groups excluding carboxylic acids is 1. The van der Waals surface area contributed by atoms with Gasteiger partial charge in [0.1, 0.15) is 0 Å². The van der Waals surface area contributed by atoms with Crippen LogP contribution in [0.4, 0.5) is 0 Å². The first-order valence-electron chi connectivity index (χ1n) is 9.05. The SMILES string of the molecule is O=C(CSc1nc2ccccc2c(=O)n1C1CCCCC1)c1ccc[nH]1. The van der Waals surface area contributed by atoms with Crippen molar-refractivity contribution < 1.29 is 4.79 Å². The van der Waals surface area contributed by atoms with Crippen molar-refractivity contribution in [2.24, 2.45) is 0 Å². The third-order valence-corrected chi connectivity index (χ3v) is 5.90. The van der Waals surface area contributed by atoms with E-state index in [2.05, 4.69) is 4.98 Å². The third kappa shape index (κ3) is 3.33. The van der Waals surface area contributed by atoms with Crippen LogP contribution in [0.25, 0.3) is 10.9 Å². The summed E-state index contributed by atoms with van der Waals surface area (Å²) in [6.45, 7) is 0. The summed E-state index contributed by atoms with van der Waals surface area (Å²) in [7, 11) is 0. The first kappa shape index (κ1) is 17.1. The summed E-state index contributed by atoms with van der Waals surface area (Å²) in [6.07, 6.45) is 7.23. The molecule has 0 radical (unpaired) electrons. The van der Waals surface area contributed by atoms with Crippen LogP contribution >= 0.6 is 11.8 Å². The number of thioether (sulfide) groups is 1. The summed E-state index contributed by atoms with van der Waals surface area (Å²) in [5.41, 5.74) is 1.29. The lowest BCUT2D eigenvalue weighted by Gasteiger charge is -2.26. The number of aromatic nitrogens is 3. The molecule has 6 heteroatoms. The van der Waals surface area contributed by atoms with Gasteiger partial charge in [0.2, 0.25) is 0 Å². The predicted molar refractivity (Wildman–Crippen MR) is 104 cm³/mol. The van der Waals surface area contributed by atoms with Crippen molar-refractivity contribution in [3.8, 4) is 0 Å². The summed E-state index contributed by atoms with van der Waals surface area (Å²) in [5.74, 6) is 0.274. The normalized spacial score (nSPS) is 15.4. The van der Waals surface area contributed by atoms with E-state index in [0.717, 1.165) is 25.7 Å². The fourth-order valence-corrected chi connectivity index (χ4v) is 4.55. The molecule has 4 rings (SSSR count). The minimum Gasteiger partial charge on any atom is -0.359 e. The third-order valence-electron chi connectivity index (χ3n) is 4.95. The Morgan fingerprint density at radius 1 is 1.15 bits per heavy atom. The maximum atomic E-state index is 13.1. The standard InChI is InChI=1S/C20H21N3O2S/c24-18(17-11-6-12-21-17)13-26-20-22-16-10-5-4-9-15(16)19(25)23(20)14-7-2-1-3-8-14/h4-6,9-12,14,21H,1-3,7-8,13H2. The zero-order chi connectivity index (χ0) is 17.9. The monoisotopic (exact) mass is 367 g/mol. The van der Waals surface area contributed by atoms with E-state index in [-0.39, 0.29) is 23.1 Å². The number of rotatable bonds is 5. The quantitative estimate of drug-likeness (QED) is 0.417. The van der Waals surface area contributed by atoms with Gasteiger partial charge in [-0.3, -0.25) is 14.2 Å². The Morgan fingerprint density at radius 2 is 1.96 bits per heavy atom. The van der Waals surface area contributed by atoms with Crippen molar-refractivity contribution in [3.63, 3.8) is 0 Å². The van der Waals surface area contributed by atoms with Gasteiger partial charge in [0.25, 0.3) is 5.56 Å². The Kier molecular flexibility index (Phi) is 4.93. The molecule has 3 aromatic rings. The van der Waals surface area contributed by atoms with Gasteiger partial charge in [-0.05, 0) is 37.1 Å². The molecule has 1 fully saturated rings. The summed E-state index contributed by atoms with van der Waals surface area (Å²) < 4.78 is 1.84. The molecule has 2 heterocycles. The molecule has 2 aromatic heterocycles. The van der Waals surface area contributed by atoms with Crippen LogP contribution in [-0.4, -0.2) is 26.1 Å². The van der Waals surface area contributed by atoms with Gasteiger partial charge < -0.3 is 4.98 Å². The Balaban J connectivity index is 1.71. The minimum absolute atomic E-state index is 0.0114. The van der Waals surface area contributed by atoms with Gasteiger partial charge in [-0.2, -0.15) is 0 Å². The fourth-order valence-electron chi connectivity index (χ4n) is 3.60. The predicted octanol–water partition coefficient (Wildman–Crippen LogP) is 4.20. The fraction of sp³-hybridized carbons (Fsp3) is 0.350. The van der Waals surface area contributed by atoms with Crippen LogP contribution in [0.2, 0.25) is 0 Å². The highest BCUT2D eigenvalue weighted by molar-refractivity contribution is 7.99. The molecular weight excluding hydrogens is 346 g/mol. The van der Waals surface area contributed by atoms with E-state index in [1.54, 1.807) is 12.3 Å². The zero-order valence-electron chi connectivity index (χ0n) is 14.5. The number of hydrogen-bond acceptors (Lipinski definition) is 4. The number of nitrogens with zero attached hydrogens (tertiary/aromatic N) is 2. The van der Waals surface area contributed by atoms with Crippen LogP contribution in [0.3, 0.4) is 0 Å². The van der Waals surface area contributed by atoms with Crippen LogP contribution in [0, 0.1) is 0 Å². The lowest BCUT2D eigenvalue weighted by molar-refractivity contribution is 0.101. The van der Waals surface area contributed by atoms with Gasteiger partial charge in [-0.1, -0.05) is 43.2 Å². The Morgan fingerprint density at radius 3 is 2.73 bits per heavy atom. The average molecular weight is 367 g/mol. The second-order valence-corrected chi connectivity index (χ2v) is 7.62. The molecule has 5 nitrogen and oxygen atoms in total. The zero-order valence-corrected chi connectivity index (χ0v) is 15.3. The molecule has 0 atom stereocenters. The molecule has 1 aliphatic rings. The van der Waals surface area contributed by atoms with Crippen LogP contribution in [0.15, 0.2) is 52.5 Å². The number of para-hydroxylation sites is 1. The number of hydrogen-bond donors (Lipinski definition) is 1. The lowest BCUT2D eigenvalue weighted by atomic mass is 9.95. The summed E-state index contributed by atoms with van der Waals surface area (Å²) >= 11 is 1.36. The molecule has 0 saturated heterocycles. The van der Waals surface area contributed by atoms with Crippen LogP contribution in [-0.2, 0) is 0 Å². The van der Waals surface area contributed by atoms with Gasteiger partial charge in [-0.15, -0.1) is 0 Å². The highest BCUT2D eigenvalue weighted by Gasteiger charge is 2.22. The minimum atomic E-state index is 0.0114. The van der Waals surface area contributed by atoms with Crippen molar-refractivity contribution in [3.05, 3.63) is 58.6 Å². The second-order valence-electron chi connectivity index (χ2n) is 6.67. The van der Waals surface area contributed by atoms with Crippen LogP contribution in [0.1, 0.15) is 48.6 Å². The molecule has 1 saturated carbocycles. The number of carbonyl (C=O) groups is 1. The first-order chi connectivity index (χ1) is 12.7. The van der Waals surface area contributed by atoms with Gasteiger partial charge >= 0.3 is 0 Å². The number of H-pyrrole nitrogens is 1. The number of nitrogens with one attached hydrogen (secondary N) is 1. The van der Waals surface area contributed by atoms with E-state index in [1.165, 1.54) is 18.2 Å².